The monoisotopic (exact) mass is 385 g/mol. The van der Waals surface area contributed by atoms with Crippen molar-refractivity contribution in [3.63, 3.8) is 0 Å². The van der Waals surface area contributed by atoms with Gasteiger partial charge >= 0.3 is 6.18 Å². The fourth-order valence-corrected chi connectivity index (χ4v) is 3.22. The quantitative estimate of drug-likeness (QED) is 0.790. The zero-order valence-electron chi connectivity index (χ0n) is 14.1. The van der Waals surface area contributed by atoms with Gasteiger partial charge in [0.15, 0.2) is 11.6 Å². The highest BCUT2D eigenvalue weighted by Crippen LogP contribution is 2.37. The summed E-state index contributed by atoms with van der Waals surface area (Å²) in [5, 5.41) is 2.96. The first-order valence-electron chi connectivity index (χ1n) is 8.28. The van der Waals surface area contributed by atoms with Crippen molar-refractivity contribution >= 4 is 34.6 Å². The van der Waals surface area contributed by atoms with Crippen molar-refractivity contribution < 1.29 is 13.2 Å². The van der Waals surface area contributed by atoms with Crippen molar-refractivity contribution in [3.05, 3.63) is 35.1 Å². The first-order valence-corrected chi connectivity index (χ1v) is 8.66. The molecule has 5 nitrogen and oxygen atoms in total. The van der Waals surface area contributed by atoms with Crippen molar-refractivity contribution in [2.45, 2.75) is 38.4 Å². The van der Waals surface area contributed by atoms with E-state index in [4.69, 9.17) is 17.3 Å². The second kappa shape index (κ2) is 7.19. The number of nitrogens with one attached hydrogen (secondary N) is 1. The summed E-state index contributed by atoms with van der Waals surface area (Å²) < 4.78 is 38.8. The molecular formula is C17H19ClF3N5. The molecule has 1 aromatic heterocycles. The molecule has 1 unspecified atom stereocenters. The van der Waals surface area contributed by atoms with Crippen LogP contribution in [0.4, 0.5) is 36.2 Å². The van der Waals surface area contributed by atoms with Crippen LogP contribution in [0.15, 0.2) is 24.5 Å². The van der Waals surface area contributed by atoms with Gasteiger partial charge in [0.25, 0.3) is 0 Å². The molecule has 26 heavy (non-hydrogen) atoms. The molecule has 1 atom stereocenters. The number of halogens is 4. The summed E-state index contributed by atoms with van der Waals surface area (Å²) in [4.78, 5) is 10.4. The third kappa shape index (κ3) is 3.80. The number of benzene rings is 1. The summed E-state index contributed by atoms with van der Waals surface area (Å²) in [6, 6.07) is 3.34. The highest BCUT2D eigenvalue weighted by atomic mass is 35.5. The van der Waals surface area contributed by atoms with Gasteiger partial charge in [-0.15, -0.1) is 0 Å². The van der Waals surface area contributed by atoms with Gasteiger partial charge in [0.1, 0.15) is 12.0 Å². The van der Waals surface area contributed by atoms with E-state index < -0.39 is 11.7 Å². The molecule has 0 spiro atoms. The van der Waals surface area contributed by atoms with Gasteiger partial charge in [-0.2, -0.15) is 13.2 Å². The summed E-state index contributed by atoms with van der Waals surface area (Å²) in [5.41, 5.74) is 5.77. The van der Waals surface area contributed by atoms with E-state index >= 15 is 0 Å². The number of hydrogen-bond donors (Lipinski definition) is 2. The molecule has 3 rings (SSSR count). The van der Waals surface area contributed by atoms with Crippen molar-refractivity contribution in [1.29, 1.82) is 0 Å². The maximum atomic E-state index is 12.9. The van der Waals surface area contributed by atoms with Crippen molar-refractivity contribution in [2.75, 3.05) is 22.5 Å². The van der Waals surface area contributed by atoms with Gasteiger partial charge in [-0.1, -0.05) is 11.6 Å². The van der Waals surface area contributed by atoms with Crippen molar-refractivity contribution in [3.8, 4) is 0 Å². The molecule has 3 N–H and O–H groups in total. The Morgan fingerprint density at radius 1 is 1.27 bits per heavy atom. The van der Waals surface area contributed by atoms with E-state index in [0.29, 0.717) is 5.82 Å². The predicted octanol–water partition coefficient (Wildman–Crippen LogP) is 4.85. The second-order valence-corrected chi connectivity index (χ2v) is 6.72. The van der Waals surface area contributed by atoms with E-state index in [0.717, 1.165) is 37.9 Å². The van der Waals surface area contributed by atoms with Crippen LogP contribution in [-0.4, -0.2) is 22.6 Å². The maximum Gasteiger partial charge on any atom is 0.416 e. The van der Waals surface area contributed by atoms with Crippen LogP contribution < -0.4 is 16.0 Å². The first kappa shape index (κ1) is 18.6. The predicted molar refractivity (Wildman–Crippen MR) is 96.8 cm³/mol. The van der Waals surface area contributed by atoms with E-state index in [9.17, 15) is 13.2 Å². The van der Waals surface area contributed by atoms with Gasteiger partial charge in [-0.3, -0.25) is 0 Å². The number of aromatic nitrogens is 2. The number of alkyl halides is 3. The Labute approximate surface area is 154 Å². The Morgan fingerprint density at radius 3 is 2.73 bits per heavy atom. The van der Waals surface area contributed by atoms with Crippen molar-refractivity contribution in [2.24, 2.45) is 0 Å². The SMILES string of the molecule is CC1CCCCN1c1ncnc(Nc2cc(C(F)(F)F)ccc2Cl)c1N. The Bertz CT molecular complexity index is 796. The highest BCUT2D eigenvalue weighted by molar-refractivity contribution is 6.33. The Balaban J connectivity index is 1.93. The summed E-state index contributed by atoms with van der Waals surface area (Å²) >= 11 is 6.04. The highest BCUT2D eigenvalue weighted by Gasteiger charge is 2.31. The first-order chi connectivity index (χ1) is 12.3. The third-order valence-corrected chi connectivity index (χ3v) is 4.81. The molecule has 1 aliphatic heterocycles. The standard InChI is InChI=1S/C17H19ClF3N5/c1-10-4-2-3-7-26(10)16-14(22)15(23-9-24-16)25-13-8-11(17(19,20)21)5-6-12(13)18/h5-6,8-10H,2-4,7,22H2,1H3,(H,23,24,25). The lowest BCUT2D eigenvalue weighted by molar-refractivity contribution is -0.137. The van der Waals surface area contributed by atoms with E-state index in [-0.39, 0.29) is 28.3 Å². The molecule has 1 aromatic carbocycles. The molecule has 0 saturated carbocycles. The lowest BCUT2D eigenvalue weighted by Crippen LogP contribution is -2.38. The lowest BCUT2D eigenvalue weighted by atomic mass is 10.0. The average Bonchev–Trinajstić information content (AvgIpc) is 2.58. The Kier molecular flexibility index (Phi) is 5.13. The lowest BCUT2D eigenvalue weighted by Gasteiger charge is -2.35. The van der Waals surface area contributed by atoms with E-state index in [1.165, 1.54) is 12.4 Å². The molecule has 0 radical (unpaired) electrons. The molecule has 2 aromatic rings. The molecule has 140 valence electrons. The van der Waals surface area contributed by atoms with Crippen molar-refractivity contribution in [1.82, 2.24) is 9.97 Å². The van der Waals surface area contributed by atoms with Gasteiger partial charge in [0, 0.05) is 12.6 Å². The summed E-state index contributed by atoms with van der Waals surface area (Å²) in [7, 11) is 0. The van der Waals surface area contributed by atoms with Crippen LogP contribution in [0.5, 0.6) is 0 Å². The van der Waals surface area contributed by atoms with Crippen LogP contribution in [0.2, 0.25) is 5.02 Å². The van der Waals surface area contributed by atoms with Crippen LogP contribution in [0, 0.1) is 0 Å². The second-order valence-electron chi connectivity index (χ2n) is 6.32. The smallest absolute Gasteiger partial charge is 0.393 e. The average molecular weight is 386 g/mol. The number of nitrogens with zero attached hydrogens (tertiary/aromatic N) is 3. The molecule has 1 aliphatic rings. The number of rotatable bonds is 3. The Hall–Kier alpha value is -2.22. The van der Waals surface area contributed by atoms with Crippen LogP contribution in [0.3, 0.4) is 0 Å². The topological polar surface area (TPSA) is 67.1 Å². The number of nitrogen functional groups attached to an aromatic ring is 1. The van der Waals surface area contributed by atoms with Crippen LogP contribution in [0.25, 0.3) is 0 Å². The number of nitrogens with two attached hydrogens (primary N) is 1. The maximum absolute atomic E-state index is 12.9. The van der Waals surface area contributed by atoms with E-state index in [1.54, 1.807) is 0 Å². The minimum atomic E-state index is -4.47. The normalized spacial score (nSPS) is 18.0. The molecule has 0 aliphatic carbocycles. The summed E-state index contributed by atoms with van der Waals surface area (Å²) in [5.74, 6) is 0.812. The molecule has 2 heterocycles. The number of anilines is 4. The molecule has 1 fully saturated rings. The third-order valence-electron chi connectivity index (χ3n) is 4.48. The minimum Gasteiger partial charge on any atom is -0.393 e. The van der Waals surface area contributed by atoms with Crippen LogP contribution in [-0.2, 0) is 6.18 Å². The summed E-state index contributed by atoms with van der Waals surface area (Å²) in [6.07, 6.45) is 0.0960. The molecule has 0 amide bonds. The van der Waals surface area contributed by atoms with E-state index in [2.05, 4.69) is 27.1 Å². The largest absolute Gasteiger partial charge is 0.416 e. The number of hydrogen-bond acceptors (Lipinski definition) is 5. The van der Waals surface area contributed by atoms with E-state index in [1.807, 2.05) is 0 Å². The molecule has 0 bridgehead atoms. The molecule has 9 heteroatoms. The van der Waals surface area contributed by atoms with Gasteiger partial charge in [0.2, 0.25) is 0 Å². The fraction of sp³-hybridized carbons (Fsp3) is 0.412. The zero-order valence-corrected chi connectivity index (χ0v) is 14.9. The number of piperidine rings is 1. The van der Waals surface area contributed by atoms with Crippen LogP contribution >= 0.6 is 11.6 Å². The fourth-order valence-electron chi connectivity index (χ4n) is 3.05. The van der Waals surface area contributed by atoms with Gasteiger partial charge < -0.3 is 16.0 Å². The molecular weight excluding hydrogens is 367 g/mol. The zero-order chi connectivity index (χ0) is 18.9. The van der Waals surface area contributed by atoms with Gasteiger partial charge in [-0.25, -0.2) is 9.97 Å². The minimum absolute atomic E-state index is 0.0875. The van der Waals surface area contributed by atoms with Crippen LogP contribution in [0.1, 0.15) is 31.7 Å². The van der Waals surface area contributed by atoms with Gasteiger partial charge in [-0.05, 0) is 44.4 Å². The summed E-state index contributed by atoms with van der Waals surface area (Å²) in [6.45, 7) is 2.92. The Morgan fingerprint density at radius 2 is 2.04 bits per heavy atom. The van der Waals surface area contributed by atoms with Gasteiger partial charge in [0.05, 0.1) is 16.3 Å². The molecule has 1 saturated heterocycles.